The lowest BCUT2D eigenvalue weighted by Gasteiger charge is -2.02. The van der Waals surface area contributed by atoms with Gasteiger partial charge in [-0.1, -0.05) is 5.16 Å². The average molecular weight is 263 g/mol. The van der Waals surface area contributed by atoms with Crippen LogP contribution >= 0.6 is 0 Å². The maximum Gasteiger partial charge on any atom is 0.231 e. The van der Waals surface area contributed by atoms with Crippen LogP contribution in [0.2, 0.25) is 0 Å². The fourth-order valence-electron chi connectivity index (χ4n) is 2.04. The van der Waals surface area contributed by atoms with Crippen LogP contribution in [0, 0.1) is 5.82 Å². The van der Waals surface area contributed by atoms with E-state index in [9.17, 15) is 4.39 Å². The van der Waals surface area contributed by atoms with Gasteiger partial charge in [-0.15, -0.1) is 0 Å². The summed E-state index contributed by atoms with van der Waals surface area (Å²) in [6.07, 6.45) is 1.01. The Kier molecular flexibility index (Phi) is 3.41. The fraction of sp³-hybridized carbons (Fsp3) is 0.385. The highest BCUT2D eigenvalue weighted by Crippen LogP contribution is 2.20. The first-order chi connectivity index (χ1) is 9.31. The van der Waals surface area contributed by atoms with E-state index in [1.165, 1.54) is 12.1 Å². The first kappa shape index (κ1) is 12.1. The molecule has 1 aliphatic rings. The van der Waals surface area contributed by atoms with Gasteiger partial charge in [-0.25, -0.2) is 4.39 Å². The van der Waals surface area contributed by atoms with Gasteiger partial charge in [0.1, 0.15) is 11.6 Å². The Balaban J connectivity index is 1.59. The summed E-state index contributed by atoms with van der Waals surface area (Å²) in [5.74, 6) is 1.75. The number of nitrogens with zero attached hydrogens (tertiary/aromatic N) is 2. The molecule has 2 heterocycles. The largest absolute Gasteiger partial charge is 0.485 e. The van der Waals surface area contributed by atoms with Crippen LogP contribution in [0.5, 0.6) is 5.75 Å². The topological polar surface area (TPSA) is 60.2 Å². The van der Waals surface area contributed by atoms with E-state index in [0.717, 1.165) is 19.5 Å². The Hall–Kier alpha value is -1.95. The molecule has 1 saturated heterocycles. The monoisotopic (exact) mass is 263 g/mol. The molecule has 5 nitrogen and oxygen atoms in total. The van der Waals surface area contributed by atoms with Crippen molar-refractivity contribution in [3.8, 4) is 5.75 Å². The van der Waals surface area contributed by atoms with Crippen molar-refractivity contribution in [2.24, 2.45) is 0 Å². The highest BCUT2D eigenvalue weighted by molar-refractivity contribution is 5.22. The Morgan fingerprint density at radius 1 is 1.37 bits per heavy atom. The van der Waals surface area contributed by atoms with E-state index in [1.54, 1.807) is 12.1 Å². The lowest BCUT2D eigenvalue weighted by Crippen LogP contribution is -2.08. The second kappa shape index (κ2) is 5.36. The zero-order valence-electron chi connectivity index (χ0n) is 10.3. The molecule has 1 aliphatic heterocycles. The van der Waals surface area contributed by atoms with Crippen molar-refractivity contribution >= 4 is 0 Å². The first-order valence-electron chi connectivity index (χ1n) is 6.23. The number of hydrogen-bond acceptors (Lipinski definition) is 5. The van der Waals surface area contributed by atoms with Gasteiger partial charge in [0, 0.05) is 6.54 Å². The standard InChI is InChI=1S/C13H14FN3O2/c14-10-1-3-11(4-2-10)18-8-12-16-13(19-17-12)9-5-6-15-7-9/h1-4,9,15H,5-8H2/t9-/m1/s1. The van der Waals surface area contributed by atoms with E-state index >= 15 is 0 Å². The number of ether oxygens (including phenoxy) is 1. The number of hydrogen-bond donors (Lipinski definition) is 1. The average Bonchev–Trinajstić information content (AvgIpc) is 3.09. The minimum atomic E-state index is -0.289. The molecule has 1 fully saturated rings. The van der Waals surface area contributed by atoms with Crippen molar-refractivity contribution in [1.29, 1.82) is 0 Å². The minimum Gasteiger partial charge on any atom is -0.485 e. The molecule has 3 rings (SSSR count). The fourth-order valence-corrected chi connectivity index (χ4v) is 2.04. The van der Waals surface area contributed by atoms with Gasteiger partial charge < -0.3 is 14.6 Å². The van der Waals surface area contributed by atoms with Crippen LogP contribution in [0.3, 0.4) is 0 Å². The van der Waals surface area contributed by atoms with E-state index < -0.39 is 0 Å². The molecule has 6 heteroatoms. The predicted octanol–water partition coefficient (Wildman–Crippen LogP) is 1.86. The number of rotatable bonds is 4. The zero-order chi connectivity index (χ0) is 13.1. The molecule has 0 bridgehead atoms. The highest BCUT2D eigenvalue weighted by Gasteiger charge is 2.22. The molecule has 19 heavy (non-hydrogen) atoms. The SMILES string of the molecule is Fc1ccc(OCc2noc([C@@H]3CCNC3)n2)cc1. The molecule has 100 valence electrons. The number of benzene rings is 1. The van der Waals surface area contributed by atoms with Crippen molar-refractivity contribution in [2.45, 2.75) is 18.9 Å². The van der Waals surface area contributed by atoms with Gasteiger partial charge >= 0.3 is 0 Å². The Morgan fingerprint density at radius 2 is 2.21 bits per heavy atom. The van der Waals surface area contributed by atoms with E-state index in [1.807, 2.05) is 0 Å². The number of halogens is 1. The second-order valence-electron chi connectivity index (χ2n) is 4.48. The van der Waals surface area contributed by atoms with E-state index in [4.69, 9.17) is 9.26 Å². The van der Waals surface area contributed by atoms with Crippen molar-refractivity contribution < 1.29 is 13.7 Å². The maximum atomic E-state index is 12.7. The van der Waals surface area contributed by atoms with Gasteiger partial charge in [0.25, 0.3) is 0 Å². The van der Waals surface area contributed by atoms with Crippen LogP contribution in [-0.4, -0.2) is 23.2 Å². The molecule has 0 saturated carbocycles. The van der Waals surface area contributed by atoms with Crippen molar-refractivity contribution in [3.05, 3.63) is 41.8 Å². The Bertz CT molecular complexity index is 535. The molecule has 0 aliphatic carbocycles. The third-order valence-corrected chi connectivity index (χ3v) is 3.07. The lowest BCUT2D eigenvalue weighted by atomic mass is 10.1. The van der Waals surface area contributed by atoms with Crippen molar-refractivity contribution in [3.63, 3.8) is 0 Å². The van der Waals surface area contributed by atoms with Crippen LogP contribution in [0.4, 0.5) is 4.39 Å². The molecule has 0 amide bonds. The van der Waals surface area contributed by atoms with Crippen LogP contribution in [0.15, 0.2) is 28.8 Å². The molecule has 0 unspecified atom stereocenters. The number of nitrogens with one attached hydrogen (secondary N) is 1. The number of aromatic nitrogens is 2. The summed E-state index contributed by atoms with van der Waals surface area (Å²) in [7, 11) is 0. The van der Waals surface area contributed by atoms with Crippen molar-refractivity contribution in [1.82, 2.24) is 15.5 Å². The lowest BCUT2D eigenvalue weighted by molar-refractivity contribution is 0.283. The summed E-state index contributed by atoms with van der Waals surface area (Å²) in [5.41, 5.74) is 0. The predicted molar refractivity (Wildman–Crippen MR) is 65.3 cm³/mol. The van der Waals surface area contributed by atoms with Gasteiger partial charge in [-0.3, -0.25) is 0 Å². The molecule has 2 aromatic rings. The normalized spacial score (nSPS) is 18.7. The van der Waals surface area contributed by atoms with Gasteiger partial charge in [-0.2, -0.15) is 4.98 Å². The van der Waals surface area contributed by atoms with Gasteiger partial charge in [-0.05, 0) is 37.2 Å². The molecule has 1 aromatic carbocycles. The third kappa shape index (κ3) is 2.90. The van der Waals surface area contributed by atoms with Crippen LogP contribution in [0.25, 0.3) is 0 Å². The molecule has 0 radical (unpaired) electrons. The molecule has 1 atom stereocenters. The smallest absolute Gasteiger partial charge is 0.231 e. The molecule has 1 aromatic heterocycles. The summed E-state index contributed by atoms with van der Waals surface area (Å²) in [4.78, 5) is 4.31. The van der Waals surface area contributed by atoms with E-state index in [-0.39, 0.29) is 12.4 Å². The van der Waals surface area contributed by atoms with Crippen LogP contribution < -0.4 is 10.1 Å². The molecular weight excluding hydrogens is 249 g/mol. The molecule has 0 spiro atoms. The summed E-state index contributed by atoms with van der Waals surface area (Å²) < 4.78 is 23.4. The third-order valence-electron chi connectivity index (χ3n) is 3.07. The summed E-state index contributed by atoms with van der Waals surface area (Å²) >= 11 is 0. The minimum absolute atomic E-state index is 0.218. The summed E-state index contributed by atoms with van der Waals surface area (Å²) in [6, 6.07) is 5.83. The van der Waals surface area contributed by atoms with Gasteiger partial charge in [0.15, 0.2) is 6.61 Å². The summed E-state index contributed by atoms with van der Waals surface area (Å²) in [5, 5.41) is 7.13. The molecular formula is C13H14FN3O2. The van der Waals surface area contributed by atoms with Crippen molar-refractivity contribution in [2.75, 3.05) is 13.1 Å². The zero-order valence-corrected chi connectivity index (χ0v) is 10.3. The van der Waals surface area contributed by atoms with E-state index in [2.05, 4.69) is 15.5 Å². The van der Waals surface area contributed by atoms with Gasteiger partial charge in [0.2, 0.25) is 11.7 Å². The van der Waals surface area contributed by atoms with E-state index in [0.29, 0.717) is 23.4 Å². The quantitative estimate of drug-likeness (QED) is 0.912. The maximum absolute atomic E-state index is 12.7. The second-order valence-corrected chi connectivity index (χ2v) is 4.48. The Morgan fingerprint density at radius 3 is 2.95 bits per heavy atom. The molecule has 1 N–H and O–H groups in total. The highest BCUT2D eigenvalue weighted by atomic mass is 19.1. The summed E-state index contributed by atoms with van der Waals surface area (Å²) in [6.45, 7) is 2.07. The van der Waals surface area contributed by atoms with Gasteiger partial charge in [0.05, 0.1) is 5.92 Å². The Labute approximate surface area is 109 Å². The van der Waals surface area contributed by atoms with Crippen LogP contribution in [0.1, 0.15) is 24.1 Å². The van der Waals surface area contributed by atoms with Crippen LogP contribution in [-0.2, 0) is 6.61 Å². The first-order valence-corrected chi connectivity index (χ1v) is 6.23.